The summed E-state index contributed by atoms with van der Waals surface area (Å²) in [5.74, 6) is 0.683. The normalized spacial score (nSPS) is 25.5. The molecule has 2 heterocycles. The highest BCUT2D eigenvalue weighted by molar-refractivity contribution is 7.89. The van der Waals surface area contributed by atoms with Gasteiger partial charge in [-0.05, 0) is 39.2 Å². The van der Waals surface area contributed by atoms with Crippen molar-refractivity contribution in [2.24, 2.45) is 17.6 Å². The third-order valence-electron chi connectivity index (χ3n) is 5.40. The number of nitrogens with two attached hydrogens (primary N) is 1. The van der Waals surface area contributed by atoms with Crippen molar-refractivity contribution in [2.45, 2.75) is 38.0 Å². The van der Waals surface area contributed by atoms with Crippen molar-refractivity contribution in [3.8, 4) is 0 Å². The zero-order chi connectivity index (χ0) is 18.2. The van der Waals surface area contributed by atoms with E-state index in [0.29, 0.717) is 31.1 Å². The summed E-state index contributed by atoms with van der Waals surface area (Å²) in [5, 5.41) is 3.73. The van der Waals surface area contributed by atoms with Crippen molar-refractivity contribution in [1.82, 2.24) is 14.4 Å². The largest absolute Gasteiger partial charge is 0.360 e. The highest BCUT2D eigenvalue weighted by Crippen LogP contribution is 2.33. The maximum atomic E-state index is 12.8. The Morgan fingerprint density at radius 1 is 1.24 bits per heavy atom. The van der Waals surface area contributed by atoms with Crippen LogP contribution < -0.4 is 5.73 Å². The lowest BCUT2D eigenvalue weighted by Crippen LogP contribution is -2.52. The molecule has 0 spiro atoms. The summed E-state index contributed by atoms with van der Waals surface area (Å²) in [4.78, 5) is 14.7. The summed E-state index contributed by atoms with van der Waals surface area (Å²) in [6, 6.07) is 0. The summed E-state index contributed by atoms with van der Waals surface area (Å²) in [6.07, 6.45) is 2.93. The van der Waals surface area contributed by atoms with E-state index in [0.717, 1.165) is 19.3 Å². The average Bonchev–Trinajstić information content (AvgIpc) is 3.20. The molecule has 140 valence electrons. The molecule has 25 heavy (non-hydrogen) atoms. The number of aromatic nitrogens is 1. The van der Waals surface area contributed by atoms with Gasteiger partial charge in [-0.15, -0.1) is 0 Å². The fourth-order valence-corrected chi connectivity index (χ4v) is 5.71. The zero-order valence-corrected chi connectivity index (χ0v) is 15.6. The number of rotatable bonds is 4. The Balaban J connectivity index is 1.67. The van der Waals surface area contributed by atoms with Gasteiger partial charge in [0.25, 0.3) is 0 Å². The van der Waals surface area contributed by atoms with Gasteiger partial charge in [-0.3, -0.25) is 4.79 Å². The molecule has 1 aliphatic heterocycles. The number of hydrogen-bond acceptors (Lipinski definition) is 6. The molecule has 0 bridgehead atoms. The molecule has 1 saturated heterocycles. The topological polar surface area (TPSA) is 110 Å². The number of hydrogen-bond donors (Lipinski definition) is 1. The van der Waals surface area contributed by atoms with Gasteiger partial charge in [-0.25, -0.2) is 8.42 Å². The van der Waals surface area contributed by atoms with E-state index in [1.165, 1.54) is 4.31 Å². The fraction of sp³-hybridized carbons (Fsp3) is 0.750. The first-order valence-electron chi connectivity index (χ1n) is 8.78. The molecule has 1 saturated carbocycles. The quantitative estimate of drug-likeness (QED) is 0.826. The minimum atomic E-state index is -3.64. The summed E-state index contributed by atoms with van der Waals surface area (Å²) >= 11 is 0. The van der Waals surface area contributed by atoms with Crippen molar-refractivity contribution in [3.05, 3.63) is 11.5 Å². The van der Waals surface area contributed by atoms with Crippen LogP contribution in [-0.4, -0.2) is 61.4 Å². The molecular weight excluding hydrogens is 344 g/mol. The van der Waals surface area contributed by atoms with Crippen LogP contribution in [0.1, 0.15) is 30.7 Å². The molecule has 2 aliphatic rings. The van der Waals surface area contributed by atoms with Crippen LogP contribution in [0.3, 0.4) is 0 Å². The van der Waals surface area contributed by atoms with E-state index in [4.69, 9.17) is 10.3 Å². The van der Waals surface area contributed by atoms with E-state index < -0.39 is 10.0 Å². The van der Waals surface area contributed by atoms with Gasteiger partial charge in [0.15, 0.2) is 5.76 Å². The van der Waals surface area contributed by atoms with Crippen LogP contribution in [0, 0.1) is 25.7 Å². The van der Waals surface area contributed by atoms with Crippen molar-refractivity contribution in [2.75, 3.05) is 32.7 Å². The van der Waals surface area contributed by atoms with E-state index in [1.54, 1.807) is 18.7 Å². The zero-order valence-electron chi connectivity index (χ0n) is 14.8. The molecular formula is C16H26N4O4S. The van der Waals surface area contributed by atoms with Crippen LogP contribution in [0.4, 0.5) is 0 Å². The van der Waals surface area contributed by atoms with Crippen LogP contribution in [-0.2, 0) is 14.8 Å². The molecule has 8 nitrogen and oxygen atoms in total. The van der Waals surface area contributed by atoms with E-state index >= 15 is 0 Å². The number of amides is 1. The molecule has 2 N–H and O–H groups in total. The third kappa shape index (κ3) is 3.32. The van der Waals surface area contributed by atoms with Gasteiger partial charge in [0, 0.05) is 32.1 Å². The average molecular weight is 370 g/mol. The lowest BCUT2D eigenvalue weighted by Gasteiger charge is -2.36. The molecule has 0 radical (unpaired) electrons. The molecule has 1 amide bonds. The highest BCUT2D eigenvalue weighted by atomic mass is 32.2. The van der Waals surface area contributed by atoms with Crippen LogP contribution in [0.15, 0.2) is 9.42 Å². The first-order valence-corrected chi connectivity index (χ1v) is 10.2. The number of carbonyl (C=O) groups is 1. The Morgan fingerprint density at radius 3 is 2.48 bits per heavy atom. The van der Waals surface area contributed by atoms with E-state index in [1.807, 2.05) is 0 Å². The second-order valence-corrected chi connectivity index (χ2v) is 8.79. The molecule has 1 aliphatic carbocycles. The Kier molecular flexibility index (Phi) is 5.17. The van der Waals surface area contributed by atoms with Gasteiger partial charge in [0.2, 0.25) is 15.9 Å². The van der Waals surface area contributed by atoms with Gasteiger partial charge in [0.05, 0.1) is 0 Å². The first kappa shape index (κ1) is 18.3. The van der Waals surface area contributed by atoms with Crippen LogP contribution in [0.2, 0.25) is 0 Å². The van der Waals surface area contributed by atoms with Gasteiger partial charge >= 0.3 is 0 Å². The van der Waals surface area contributed by atoms with Crippen molar-refractivity contribution in [1.29, 1.82) is 0 Å². The van der Waals surface area contributed by atoms with E-state index in [-0.39, 0.29) is 35.7 Å². The molecule has 2 atom stereocenters. The Hall–Kier alpha value is -1.45. The molecule has 0 aromatic carbocycles. The second-order valence-electron chi connectivity index (χ2n) is 6.92. The summed E-state index contributed by atoms with van der Waals surface area (Å²) in [6.45, 7) is 5.16. The summed E-state index contributed by atoms with van der Waals surface area (Å²) in [7, 11) is -3.64. The van der Waals surface area contributed by atoms with Crippen LogP contribution in [0.5, 0.6) is 0 Å². The summed E-state index contributed by atoms with van der Waals surface area (Å²) < 4.78 is 32.1. The number of piperazine rings is 1. The summed E-state index contributed by atoms with van der Waals surface area (Å²) in [5.41, 5.74) is 6.15. The predicted molar refractivity (Wildman–Crippen MR) is 91.2 cm³/mol. The lowest BCUT2D eigenvalue weighted by molar-refractivity contribution is -0.137. The predicted octanol–water partition coefficient (Wildman–Crippen LogP) is 0.499. The van der Waals surface area contributed by atoms with Crippen LogP contribution in [0.25, 0.3) is 0 Å². The van der Waals surface area contributed by atoms with Crippen molar-refractivity contribution in [3.63, 3.8) is 0 Å². The third-order valence-corrected chi connectivity index (χ3v) is 7.54. The molecule has 1 aromatic rings. The number of carbonyl (C=O) groups excluding carboxylic acids is 1. The molecule has 2 fully saturated rings. The van der Waals surface area contributed by atoms with Gasteiger partial charge in [-0.1, -0.05) is 11.6 Å². The minimum Gasteiger partial charge on any atom is -0.360 e. The highest BCUT2D eigenvalue weighted by Gasteiger charge is 2.38. The molecule has 0 unspecified atom stereocenters. The lowest BCUT2D eigenvalue weighted by atomic mass is 9.94. The van der Waals surface area contributed by atoms with Crippen molar-refractivity contribution >= 4 is 15.9 Å². The number of nitrogens with zero attached hydrogens (tertiary/aromatic N) is 3. The van der Waals surface area contributed by atoms with E-state index in [9.17, 15) is 13.2 Å². The Labute approximate surface area is 148 Å². The fourth-order valence-electron chi connectivity index (χ4n) is 4.00. The minimum absolute atomic E-state index is 0.00396. The standard InChI is InChI=1S/C16H26N4O4S/c1-11-15(12(2)24-18-11)25(22,23)20-8-6-19(7-9-20)16(21)14-5-3-4-13(14)10-17/h13-14H,3-10,17H2,1-2H3/t13-,14-/m1/s1. The van der Waals surface area contributed by atoms with Gasteiger partial charge in [0.1, 0.15) is 10.6 Å². The number of sulfonamides is 1. The Bertz CT molecular complexity index is 718. The maximum Gasteiger partial charge on any atom is 0.248 e. The number of aryl methyl sites for hydroxylation is 2. The SMILES string of the molecule is Cc1noc(C)c1S(=O)(=O)N1CCN(C(=O)[C@@H]2CCC[C@@H]2CN)CC1. The van der Waals surface area contributed by atoms with E-state index in [2.05, 4.69) is 5.16 Å². The van der Waals surface area contributed by atoms with Gasteiger partial charge in [-0.2, -0.15) is 4.31 Å². The first-order chi connectivity index (χ1) is 11.9. The smallest absolute Gasteiger partial charge is 0.248 e. The molecule has 1 aromatic heterocycles. The second kappa shape index (κ2) is 7.05. The van der Waals surface area contributed by atoms with Crippen LogP contribution >= 0.6 is 0 Å². The van der Waals surface area contributed by atoms with Gasteiger partial charge < -0.3 is 15.2 Å². The molecule has 3 rings (SSSR count). The van der Waals surface area contributed by atoms with Crippen molar-refractivity contribution < 1.29 is 17.7 Å². The monoisotopic (exact) mass is 370 g/mol. The molecule has 9 heteroatoms. The maximum absolute atomic E-state index is 12.8. The Morgan fingerprint density at radius 2 is 1.92 bits per heavy atom.